The largest absolute Gasteiger partial charge is 0.356 e. The third-order valence-corrected chi connectivity index (χ3v) is 2.40. The Morgan fingerprint density at radius 3 is 2.93 bits per heavy atom. The second kappa shape index (κ2) is 5.65. The molecule has 0 radical (unpaired) electrons. The molecule has 1 rings (SSSR count). The zero-order valence-electron chi connectivity index (χ0n) is 9.04. The predicted molar refractivity (Wildman–Crippen MR) is 60.1 cm³/mol. The van der Waals surface area contributed by atoms with E-state index in [1.54, 1.807) is 0 Å². The fourth-order valence-electron chi connectivity index (χ4n) is 1.23. The van der Waals surface area contributed by atoms with Crippen molar-refractivity contribution >= 4 is 18.1 Å². The molecule has 0 bridgehead atoms. The monoisotopic (exact) mass is 228 g/mol. The Balaban J connectivity index is 2.44. The van der Waals surface area contributed by atoms with Crippen LogP contribution in [-0.4, -0.2) is 27.2 Å². The lowest BCUT2D eigenvalue weighted by Crippen LogP contribution is -2.25. The number of aromatic nitrogens is 3. The maximum Gasteiger partial charge on any atom is 0.221 e. The van der Waals surface area contributed by atoms with Crippen LogP contribution in [0.3, 0.4) is 0 Å². The first-order valence-corrected chi connectivity index (χ1v) is 5.44. The van der Waals surface area contributed by atoms with Crippen LogP contribution in [0.4, 0.5) is 0 Å². The van der Waals surface area contributed by atoms with E-state index < -0.39 is 0 Å². The summed E-state index contributed by atoms with van der Waals surface area (Å²) in [5.41, 5.74) is 0. The molecule has 0 saturated carbocycles. The molecule has 2 N–H and O–H groups in total. The minimum Gasteiger partial charge on any atom is -0.356 e. The molecular weight excluding hydrogens is 212 g/mol. The van der Waals surface area contributed by atoms with Crippen LogP contribution in [0.1, 0.15) is 25.6 Å². The van der Waals surface area contributed by atoms with E-state index in [9.17, 15) is 4.79 Å². The van der Waals surface area contributed by atoms with Crippen LogP contribution in [0, 0.1) is 11.7 Å². The average Bonchev–Trinajstić information content (AvgIpc) is 2.53. The minimum atomic E-state index is 0.0550. The summed E-state index contributed by atoms with van der Waals surface area (Å²) in [7, 11) is 0. The molecular formula is C9H16N4OS. The van der Waals surface area contributed by atoms with E-state index in [1.807, 2.05) is 18.4 Å². The summed E-state index contributed by atoms with van der Waals surface area (Å²) in [5, 5.41) is 9.48. The molecule has 0 spiro atoms. The zero-order chi connectivity index (χ0) is 11.3. The summed E-state index contributed by atoms with van der Waals surface area (Å²) < 4.78 is 2.39. The maximum atomic E-state index is 11.3. The van der Waals surface area contributed by atoms with Gasteiger partial charge in [0.05, 0.1) is 0 Å². The minimum absolute atomic E-state index is 0.0550. The van der Waals surface area contributed by atoms with Gasteiger partial charge in [0, 0.05) is 19.5 Å². The molecule has 15 heavy (non-hydrogen) atoms. The Bertz CT molecular complexity index is 382. The molecule has 0 atom stereocenters. The number of hydrogen-bond donors (Lipinski definition) is 2. The SMILES string of the molecule is CCCNC(=O)CCn1c(C)n[nH]c1=S. The molecule has 84 valence electrons. The van der Waals surface area contributed by atoms with Crippen molar-refractivity contribution in [2.45, 2.75) is 33.2 Å². The normalized spacial score (nSPS) is 10.3. The smallest absolute Gasteiger partial charge is 0.221 e. The van der Waals surface area contributed by atoms with Crippen molar-refractivity contribution in [3.63, 3.8) is 0 Å². The van der Waals surface area contributed by atoms with Gasteiger partial charge < -0.3 is 9.88 Å². The van der Waals surface area contributed by atoms with Crippen LogP contribution in [0.2, 0.25) is 0 Å². The van der Waals surface area contributed by atoms with Gasteiger partial charge in [0.15, 0.2) is 4.77 Å². The van der Waals surface area contributed by atoms with Crippen LogP contribution in [0.25, 0.3) is 0 Å². The van der Waals surface area contributed by atoms with Crippen LogP contribution >= 0.6 is 12.2 Å². The number of amides is 1. The van der Waals surface area contributed by atoms with Gasteiger partial charge >= 0.3 is 0 Å². The van der Waals surface area contributed by atoms with E-state index >= 15 is 0 Å². The van der Waals surface area contributed by atoms with E-state index in [0.29, 0.717) is 17.7 Å². The summed E-state index contributed by atoms with van der Waals surface area (Å²) in [5.74, 6) is 0.864. The van der Waals surface area contributed by atoms with Crippen molar-refractivity contribution in [3.8, 4) is 0 Å². The van der Waals surface area contributed by atoms with Gasteiger partial charge in [-0.1, -0.05) is 6.92 Å². The highest BCUT2D eigenvalue weighted by Gasteiger charge is 2.04. The topological polar surface area (TPSA) is 62.7 Å². The number of carbonyl (C=O) groups is 1. The second-order valence-corrected chi connectivity index (χ2v) is 3.71. The van der Waals surface area contributed by atoms with Gasteiger partial charge in [0.2, 0.25) is 5.91 Å². The van der Waals surface area contributed by atoms with Gasteiger partial charge in [0.25, 0.3) is 0 Å². The first kappa shape index (κ1) is 11.9. The summed E-state index contributed by atoms with van der Waals surface area (Å²) in [4.78, 5) is 11.3. The van der Waals surface area contributed by atoms with Gasteiger partial charge in [-0.05, 0) is 25.6 Å². The highest BCUT2D eigenvalue weighted by molar-refractivity contribution is 7.71. The molecule has 0 aromatic carbocycles. The van der Waals surface area contributed by atoms with Crippen molar-refractivity contribution in [1.29, 1.82) is 0 Å². The number of nitrogens with one attached hydrogen (secondary N) is 2. The number of carbonyl (C=O) groups excluding carboxylic acids is 1. The van der Waals surface area contributed by atoms with Gasteiger partial charge in [-0.15, -0.1) is 0 Å². The van der Waals surface area contributed by atoms with E-state index in [1.165, 1.54) is 0 Å². The van der Waals surface area contributed by atoms with E-state index in [4.69, 9.17) is 12.2 Å². The first-order valence-electron chi connectivity index (χ1n) is 5.03. The molecule has 0 aliphatic rings. The molecule has 1 aromatic heterocycles. The third-order valence-electron chi connectivity index (χ3n) is 2.08. The van der Waals surface area contributed by atoms with Crippen molar-refractivity contribution in [2.24, 2.45) is 0 Å². The second-order valence-electron chi connectivity index (χ2n) is 3.33. The zero-order valence-corrected chi connectivity index (χ0v) is 9.86. The Morgan fingerprint density at radius 2 is 2.40 bits per heavy atom. The van der Waals surface area contributed by atoms with E-state index in [-0.39, 0.29) is 5.91 Å². The number of nitrogens with zero attached hydrogens (tertiary/aromatic N) is 2. The number of H-pyrrole nitrogens is 1. The molecule has 0 aliphatic heterocycles. The lowest BCUT2D eigenvalue weighted by Gasteiger charge is -2.04. The number of aryl methyl sites for hydroxylation is 1. The molecule has 0 unspecified atom stereocenters. The quantitative estimate of drug-likeness (QED) is 0.743. The number of hydrogen-bond acceptors (Lipinski definition) is 3. The molecule has 0 fully saturated rings. The molecule has 1 amide bonds. The lowest BCUT2D eigenvalue weighted by atomic mass is 10.3. The highest BCUT2D eigenvalue weighted by atomic mass is 32.1. The standard InChI is InChI=1S/C9H16N4OS/c1-3-5-10-8(14)4-6-13-7(2)11-12-9(13)15/h3-6H2,1-2H3,(H,10,14)(H,12,15). The highest BCUT2D eigenvalue weighted by Crippen LogP contribution is 1.97. The Morgan fingerprint density at radius 1 is 1.67 bits per heavy atom. The van der Waals surface area contributed by atoms with Gasteiger partial charge in [0.1, 0.15) is 5.82 Å². The van der Waals surface area contributed by atoms with Crippen LogP contribution in [0.5, 0.6) is 0 Å². The van der Waals surface area contributed by atoms with Crippen molar-refractivity contribution in [1.82, 2.24) is 20.1 Å². The van der Waals surface area contributed by atoms with Gasteiger partial charge in [-0.25, -0.2) is 0 Å². The fraction of sp³-hybridized carbons (Fsp3) is 0.667. The van der Waals surface area contributed by atoms with E-state index in [0.717, 1.165) is 18.8 Å². The molecule has 5 nitrogen and oxygen atoms in total. The fourth-order valence-corrected chi connectivity index (χ4v) is 1.49. The Kier molecular flexibility index (Phi) is 4.48. The van der Waals surface area contributed by atoms with Crippen LogP contribution < -0.4 is 5.32 Å². The summed E-state index contributed by atoms with van der Waals surface area (Å²) >= 11 is 5.03. The van der Waals surface area contributed by atoms with Gasteiger partial charge in [-0.3, -0.25) is 9.89 Å². The number of rotatable bonds is 5. The molecule has 6 heteroatoms. The van der Waals surface area contributed by atoms with Crippen molar-refractivity contribution < 1.29 is 4.79 Å². The van der Waals surface area contributed by atoms with Crippen LogP contribution in [0.15, 0.2) is 0 Å². The van der Waals surface area contributed by atoms with E-state index in [2.05, 4.69) is 15.5 Å². The lowest BCUT2D eigenvalue weighted by molar-refractivity contribution is -0.121. The molecule has 1 aromatic rings. The molecule has 1 heterocycles. The first-order chi connectivity index (χ1) is 7.15. The summed E-state index contributed by atoms with van der Waals surface area (Å²) in [6.07, 6.45) is 1.39. The maximum absolute atomic E-state index is 11.3. The molecule has 0 aliphatic carbocycles. The molecule has 0 saturated heterocycles. The Labute approximate surface area is 93.9 Å². The number of aromatic amines is 1. The predicted octanol–water partition coefficient (Wildman–Crippen LogP) is 1.17. The Hall–Kier alpha value is -1.17. The van der Waals surface area contributed by atoms with Crippen molar-refractivity contribution in [3.05, 3.63) is 10.6 Å². The third kappa shape index (κ3) is 3.47. The summed E-state index contributed by atoms with van der Waals surface area (Å²) in [6.45, 7) is 5.19. The van der Waals surface area contributed by atoms with Gasteiger partial charge in [-0.2, -0.15) is 5.10 Å². The average molecular weight is 228 g/mol. The van der Waals surface area contributed by atoms with Crippen LogP contribution in [-0.2, 0) is 11.3 Å². The van der Waals surface area contributed by atoms with Crippen molar-refractivity contribution in [2.75, 3.05) is 6.54 Å². The summed E-state index contributed by atoms with van der Waals surface area (Å²) in [6, 6.07) is 0.